The number of nitro benzene ring substituents is 1. The summed E-state index contributed by atoms with van der Waals surface area (Å²) in [5, 5.41) is 21.4. The maximum Gasteiger partial charge on any atom is 0.289 e. The maximum absolute atomic E-state index is 13.0. The quantitative estimate of drug-likeness (QED) is 0.457. The molecule has 3 rings (SSSR count). The molecule has 0 aliphatic carbocycles. The fourth-order valence-corrected chi connectivity index (χ4v) is 5.39. The molecule has 1 N–H and O–H groups in total. The molecule has 0 saturated carbocycles. The summed E-state index contributed by atoms with van der Waals surface area (Å²) < 4.78 is 30.4. The Hall–Kier alpha value is -3.22. The molecular formula is C21H22N4O4S. The predicted octanol–water partition coefficient (Wildman–Crippen LogP) is 3.60. The third kappa shape index (κ3) is 4.20. The summed E-state index contributed by atoms with van der Waals surface area (Å²) in [6.07, 6.45) is 2.10. The number of fused-ring (bicyclic) bond motifs is 1. The molecule has 156 valence electrons. The van der Waals surface area contributed by atoms with Gasteiger partial charge in [0.05, 0.1) is 17.4 Å². The van der Waals surface area contributed by atoms with E-state index < -0.39 is 26.7 Å². The number of sulfonamides is 1. The van der Waals surface area contributed by atoms with Gasteiger partial charge in [0.1, 0.15) is 0 Å². The van der Waals surface area contributed by atoms with Crippen molar-refractivity contribution < 1.29 is 13.3 Å². The average molecular weight is 426 g/mol. The standard InChI is InChI=1S/C21H22N4O4S/c1-14-10-15(2)21(20(11-14)25(26)27)30(28,29)23-16(3)12-24-13-17(8-9-22)18-6-4-5-7-19(18)24/h4-7,10-11,13,16,23H,8,12H2,1-3H3/t16-/m0/s1. The smallest absolute Gasteiger partial charge is 0.289 e. The molecule has 2 aromatic carbocycles. The first-order valence-corrected chi connectivity index (χ1v) is 10.8. The van der Waals surface area contributed by atoms with E-state index in [9.17, 15) is 18.5 Å². The first-order valence-electron chi connectivity index (χ1n) is 9.35. The molecule has 1 atom stereocenters. The normalized spacial score (nSPS) is 12.6. The van der Waals surface area contributed by atoms with Gasteiger partial charge in [-0.15, -0.1) is 0 Å². The molecule has 0 aliphatic rings. The van der Waals surface area contributed by atoms with Crippen LogP contribution in [0.25, 0.3) is 10.9 Å². The molecule has 0 unspecified atom stereocenters. The monoisotopic (exact) mass is 426 g/mol. The first kappa shape index (κ1) is 21.5. The lowest BCUT2D eigenvalue weighted by atomic mass is 10.1. The molecule has 0 fully saturated rings. The Labute approximate surface area is 175 Å². The van der Waals surface area contributed by atoms with E-state index in [1.54, 1.807) is 26.8 Å². The Kier molecular flexibility index (Phi) is 5.92. The summed E-state index contributed by atoms with van der Waals surface area (Å²) in [4.78, 5) is 10.5. The molecule has 0 amide bonds. The molecule has 9 heteroatoms. The zero-order chi connectivity index (χ0) is 22.1. The lowest BCUT2D eigenvalue weighted by Crippen LogP contribution is -2.36. The molecule has 0 spiro atoms. The highest BCUT2D eigenvalue weighted by atomic mass is 32.2. The summed E-state index contributed by atoms with van der Waals surface area (Å²) >= 11 is 0. The van der Waals surface area contributed by atoms with Gasteiger partial charge in [0, 0.05) is 35.8 Å². The number of nitrogens with zero attached hydrogens (tertiary/aromatic N) is 3. The van der Waals surface area contributed by atoms with Crippen molar-refractivity contribution in [3.8, 4) is 6.07 Å². The van der Waals surface area contributed by atoms with Gasteiger partial charge in [-0.3, -0.25) is 10.1 Å². The molecule has 0 bridgehead atoms. The highest BCUT2D eigenvalue weighted by Crippen LogP contribution is 2.29. The van der Waals surface area contributed by atoms with Gasteiger partial charge in [0.15, 0.2) is 4.90 Å². The number of aromatic nitrogens is 1. The van der Waals surface area contributed by atoms with Crippen molar-refractivity contribution in [2.24, 2.45) is 0 Å². The summed E-state index contributed by atoms with van der Waals surface area (Å²) in [6.45, 7) is 5.24. The Morgan fingerprint density at radius 2 is 1.97 bits per heavy atom. The van der Waals surface area contributed by atoms with Crippen LogP contribution in [-0.2, 0) is 23.0 Å². The second-order valence-electron chi connectivity index (χ2n) is 7.37. The number of nitriles is 1. The molecule has 0 saturated heterocycles. The van der Waals surface area contributed by atoms with Crippen molar-refractivity contribution in [1.82, 2.24) is 9.29 Å². The minimum atomic E-state index is -4.12. The van der Waals surface area contributed by atoms with E-state index in [4.69, 9.17) is 5.26 Å². The van der Waals surface area contributed by atoms with Crippen LogP contribution < -0.4 is 4.72 Å². The van der Waals surface area contributed by atoms with Gasteiger partial charge in [-0.25, -0.2) is 13.1 Å². The van der Waals surface area contributed by atoms with Gasteiger partial charge in [-0.2, -0.15) is 5.26 Å². The number of para-hydroxylation sites is 1. The van der Waals surface area contributed by atoms with Crippen LogP contribution in [0.1, 0.15) is 23.6 Å². The van der Waals surface area contributed by atoms with Crippen LogP contribution in [0.4, 0.5) is 5.69 Å². The summed E-state index contributed by atoms with van der Waals surface area (Å²) in [7, 11) is -4.12. The number of rotatable bonds is 7. The van der Waals surface area contributed by atoms with Crippen LogP contribution in [0.2, 0.25) is 0 Å². The van der Waals surface area contributed by atoms with Gasteiger partial charge in [-0.05, 0) is 43.5 Å². The molecule has 1 aromatic heterocycles. The van der Waals surface area contributed by atoms with E-state index in [-0.39, 0.29) is 11.3 Å². The molecule has 30 heavy (non-hydrogen) atoms. The molecule has 8 nitrogen and oxygen atoms in total. The average Bonchev–Trinajstić information content (AvgIpc) is 2.98. The van der Waals surface area contributed by atoms with E-state index in [0.717, 1.165) is 16.5 Å². The predicted molar refractivity (Wildman–Crippen MR) is 114 cm³/mol. The number of hydrogen-bond acceptors (Lipinski definition) is 5. The second-order valence-corrected chi connectivity index (χ2v) is 9.02. The van der Waals surface area contributed by atoms with E-state index in [1.165, 1.54) is 6.07 Å². The van der Waals surface area contributed by atoms with Crippen molar-refractivity contribution in [3.05, 3.63) is 69.4 Å². The Morgan fingerprint density at radius 3 is 2.63 bits per heavy atom. The van der Waals surface area contributed by atoms with E-state index in [0.29, 0.717) is 17.7 Å². The summed E-state index contributed by atoms with van der Waals surface area (Å²) in [6, 6.07) is 12.1. The number of hydrogen-bond donors (Lipinski definition) is 1. The van der Waals surface area contributed by atoms with Crippen LogP contribution in [-0.4, -0.2) is 24.0 Å². The van der Waals surface area contributed by atoms with Crippen LogP contribution in [0.3, 0.4) is 0 Å². The van der Waals surface area contributed by atoms with E-state index in [2.05, 4.69) is 10.8 Å². The first-order chi connectivity index (χ1) is 14.1. The van der Waals surface area contributed by atoms with Crippen LogP contribution in [0, 0.1) is 35.3 Å². The topological polar surface area (TPSA) is 118 Å². The van der Waals surface area contributed by atoms with Crippen LogP contribution in [0.15, 0.2) is 47.5 Å². The summed E-state index contributed by atoms with van der Waals surface area (Å²) in [5.74, 6) is 0. The molecular weight excluding hydrogens is 404 g/mol. The minimum absolute atomic E-state index is 0.252. The Balaban J connectivity index is 1.92. The van der Waals surface area contributed by atoms with Gasteiger partial charge in [-0.1, -0.05) is 24.3 Å². The Morgan fingerprint density at radius 1 is 1.27 bits per heavy atom. The van der Waals surface area contributed by atoms with E-state index >= 15 is 0 Å². The third-order valence-corrected chi connectivity index (χ3v) is 6.61. The van der Waals surface area contributed by atoms with Gasteiger partial charge in [0.2, 0.25) is 10.0 Å². The number of nitro groups is 1. The maximum atomic E-state index is 13.0. The zero-order valence-electron chi connectivity index (χ0n) is 16.9. The molecule has 0 radical (unpaired) electrons. The summed E-state index contributed by atoms with van der Waals surface area (Å²) in [5.41, 5.74) is 2.27. The highest BCUT2D eigenvalue weighted by Gasteiger charge is 2.29. The van der Waals surface area contributed by atoms with Gasteiger partial charge >= 0.3 is 0 Å². The lowest BCUT2D eigenvalue weighted by molar-refractivity contribution is -0.388. The molecule has 3 aromatic rings. The fraction of sp³-hybridized carbons (Fsp3) is 0.286. The number of benzene rings is 2. The van der Waals surface area contributed by atoms with Crippen molar-refractivity contribution in [3.63, 3.8) is 0 Å². The van der Waals surface area contributed by atoms with Crippen molar-refractivity contribution in [1.29, 1.82) is 5.26 Å². The molecule has 1 heterocycles. The zero-order valence-corrected chi connectivity index (χ0v) is 17.7. The van der Waals surface area contributed by atoms with Gasteiger partial charge in [0.25, 0.3) is 5.69 Å². The van der Waals surface area contributed by atoms with Crippen LogP contribution in [0.5, 0.6) is 0 Å². The minimum Gasteiger partial charge on any atom is -0.346 e. The van der Waals surface area contributed by atoms with Crippen molar-refractivity contribution in [2.45, 2.75) is 44.7 Å². The lowest BCUT2D eigenvalue weighted by Gasteiger charge is -2.17. The second kappa shape index (κ2) is 8.26. The SMILES string of the molecule is Cc1cc(C)c(S(=O)(=O)N[C@@H](C)Cn2cc(CC#N)c3ccccc32)c([N+](=O)[O-])c1. The number of aryl methyl sites for hydroxylation is 2. The largest absolute Gasteiger partial charge is 0.346 e. The molecule has 0 aliphatic heterocycles. The van der Waals surface area contributed by atoms with Crippen LogP contribution >= 0.6 is 0 Å². The number of nitrogens with one attached hydrogen (secondary N) is 1. The van der Waals surface area contributed by atoms with E-state index in [1.807, 2.05) is 35.0 Å². The third-order valence-electron chi connectivity index (χ3n) is 4.83. The van der Waals surface area contributed by atoms with Gasteiger partial charge < -0.3 is 4.57 Å². The van der Waals surface area contributed by atoms with Crippen molar-refractivity contribution >= 4 is 26.6 Å². The van der Waals surface area contributed by atoms with Crippen molar-refractivity contribution in [2.75, 3.05) is 0 Å². The Bertz CT molecular complexity index is 1270. The fourth-order valence-electron chi connectivity index (χ4n) is 3.77. The highest BCUT2D eigenvalue weighted by molar-refractivity contribution is 7.89.